The minimum atomic E-state index is -0.0430. The number of nitrogens with one attached hydrogen (secondary N) is 1. The number of aliphatic hydroxyl groups excluding tert-OH is 1. The van der Waals surface area contributed by atoms with E-state index in [-0.39, 0.29) is 18.4 Å². The lowest BCUT2D eigenvalue weighted by molar-refractivity contribution is -0.116. The highest BCUT2D eigenvalue weighted by molar-refractivity contribution is 5.92. The third kappa shape index (κ3) is 4.57. The van der Waals surface area contributed by atoms with Crippen molar-refractivity contribution in [2.45, 2.75) is 32.8 Å². The van der Waals surface area contributed by atoms with Crippen LogP contribution in [0.4, 0.5) is 5.69 Å². The summed E-state index contributed by atoms with van der Waals surface area (Å²) < 4.78 is 5.22. The van der Waals surface area contributed by atoms with Crippen LogP contribution in [0.3, 0.4) is 0 Å². The molecule has 23 heavy (non-hydrogen) atoms. The molecule has 0 spiro atoms. The summed E-state index contributed by atoms with van der Waals surface area (Å²) in [5, 5.41) is 12.1. The Bertz CT molecular complexity index is 682. The first-order chi connectivity index (χ1) is 11.0. The summed E-state index contributed by atoms with van der Waals surface area (Å²) in [6.45, 7) is 3.91. The van der Waals surface area contributed by atoms with E-state index >= 15 is 0 Å². The quantitative estimate of drug-likeness (QED) is 0.856. The van der Waals surface area contributed by atoms with E-state index in [1.807, 2.05) is 56.3 Å². The molecule has 1 atom stereocenters. The maximum absolute atomic E-state index is 12.3. The number of amides is 1. The summed E-state index contributed by atoms with van der Waals surface area (Å²) >= 11 is 0. The molecule has 0 aromatic heterocycles. The number of ether oxygens (including phenoxy) is 1. The van der Waals surface area contributed by atoms with Crippen LogP contribution in [0.5, 0.6) is 5.75 Å². The van der Waals surface area contributed by atoms with Gasteiger partial charge in [-0.3, -0.25) is 4.79 Å². The molecule has 0 saturated heterocycles. The van der Waals surface area contributed by atoms with Crippen molar-refractivity contribution in [3.05, 3.63) is 59.2 Å². The van der Waals surface area contributed by atoms with Crippen LogP contribution in [0.2, 0.25) is 0 Å². The average molecular weight is 313 g/mol. The number of hydrogen-bond acceptors (Lipinski definition) is 3. The predicted octanol–water partition coefficient (Wildman–Crippen LogP) is 3.63. The fourth-order valence-electron chi connectivity index (χ4n) is 2.45. The molecule has 1 unspecified atom stereocenters. The lowest BCUT2D eigenvalue weighted by atomic mass is 9.97. The topological polar surface area (TPSA) is 58.6 Å². The number of rotatable bonds is 6. The van der Waals surface area contributed by atoms with Gasteiger partial charge in [-0.1, -0.05) is 31.2 Å². The van der Waals surface area contributed by atoms with Crippen molar-refractivity contribution in [3.8, 4) is 5.75 Å². The number of aryl methyl sites for hydroxylation is 1. The standard InChI is InChI=1S/C19H23NO3/c1-13-7-8-15(12-21)10-18(13)20-19(22)9-14(2)16-5-4-6-17(11-16)23-3/h4-8,10-11,14,21H,9,12H2,1-3H3,(H,20,22). The summed E-state index contributed by atoms with van der Waals surface area (Å²) in [7, 11) is 1.63. The molecule has 0 aliphatic carbocycles. The number of carbonyl (C=O) groups is 1. The molecular formula is C19H23NO3. The Morgan fingerprint density at radius 3 is 2.74 bits per heavy atom. The molecule has 2 aromatic carbocycles. The Balaban J connectivity index is 2.04. The van der Waals surface area contributed by atoms with Gasteiger partial charge in [-0.05, 0) is 47.7 Å². The summed E-state index contributed by atoms with van der Waals surface area (Å²) in [5.41, 5.74) is 3.58. The zero-order valence-electron chi connectivity index (χ0n) is 13.8. The van der Waals surface area contributed by atoms with Crippen LogP contribution in [0.15, 0.2) is 42.5 Å². The maximum atomic E-state index is 12.3. The summed E-state index contributed by atoms with van der Waals surface area (Å²) in [6.07, 6.45) is 0.385. The first-order valence-electron chi connectivity index (χ1n) is 7.67. The molecule has 0 radical (unpaired) electrons. The third-order valence-corrected chi connectivity index (χ3v) is 3.91. The van der Waals surface area contributed by atoms with Crippen LogP contribution < -0.4 is 10.1 Å². The molecule has 0 saturated carbocycles. The van der Waals surface area contributed by atoms with E-state index in [9.17, 15) is 9.90 Å². The monoisotopic (exact) mass is 313 g/mol. The van der Waals surface area contributed by atoms with E-state index < -0.39 is 0 Å². The van der Waals surface area contributed by atoms with Crippen molar-refractivity contribution in [2.24, 2.45) is 0 Å². The maximum Gasteiger partial charge on any atom is 0.224 e. The van der Waals surface area contributed by atoms with Crippen molar-refractivity contribution in [1.82, 2.24) is 0 Å². The molecule has 122 valence electrons. The van der Waals surface area contributed by atoms with Gasteiger partial charge in [0.15, 0.2) is 0 Å². The number of aliphatic hydroxyl groups is 1. The van der Waals surface area contributed by atoms with Gasteiger partial charge in [0.2, 0.25) is 5.91 Å². The van der Waals surface area contributed by atoms with Gasteiger partial charge in [0.25, 0.3) is 0 Å². The van der Waals surface area contributed by atoms with E-state index in [1.165, 1.54) is 0 Å². The van der Waals surface area contributed by atoms with Gasteiger partial charge >= 0.3 is 0 Å². The lowest BCUT2D eigenvalue weighted by Crippen LogP contribution is -2.15. The van der Waals surface area contributed by atoms with Crippen molar-refractivity contribution < 1.29 is 14.6 Å². The predicted molar refractivity (Wildman–Crippen MR) is 91.8 cm³/mol. The zero-order chi connectivity index (χ0) is 16.8. The van der Waals surface area contributed by atoms with Crippen LogP contribution in [-0.2, 0) is 11.4 Å². The molecule has 0 aliphatic rings. The Hall–Kier alpha value is -2.33. The molecule has 2 aromatic rings. The first-order valence-corrected chi connectivity index (χ1v) is 7.67. The molecule has 0 aliphatic heterocycles. The van der Waals surface area contributed by atoms with E-state index in [4.69, 9.17) is 4.74 Å². The molecule has 4 heteroatoms. The second-order valence-electron chi connectivity index (χ2n) is 5.74. The Morgan fingerprint density at radius 2 is 2.04 bits per heavy atom. The number of carbonyl (C=O) groups excluding carboxylic acids is 1. The molecule has 1 amide bonds. The third-order valence-electron chi connectivity index (χ3n) is 3.91. The number of methoxy groups -OCH3 is 1. The van der Waals surface area contributed by atoms with Crippen molar-refractivity contribution in [1.29, 1.82) is 0 Å². The minimum Gasteiger partial charge on any atom is -0.497 e. The van der Waals surface area contributed by atoms with Gasteiger partial charge in [0, 0.05) is 12.1 Å². The van der Waals surface area contributed by atoms with Gasteiger partial charge in [-0.2, -0.15) is 0 Å². The Morgan fingerprint density at radius 1 is 1.26 bits per heavy atom. The molecular weight excluding hydrogens is 290 g/mol. The molecule has 2 N–H and O–H groups in total. The van der Waals surface area contributed by atoms with Gasteiger partial charge in [-0.15, -0.1) is 0 Å². The van der Waals surface area contributed by atoms with Gasteiger partial charge in [0.05, 0.1) is 13.7 Å². The number of anilines is 1. The second kappa shape index (κ2) is 7.79. The van der Waals surface area contributed by atoms with Crippen LogP contribution >= 0.6 is 0 Å². The number of benzene rings is 2. The van der Waals surface area contributed by atoms with Gasteiger partial charge < -0.3 is 15.2 Å². The van der Waals surface area contributed by atoms with E-state index in [1.54, 1.807) is 7.11 Å². The van der Waals surface area contributed by atoms with E-state index in [0.717, 1.165) is 28.1 Å². The minimum absolute atomic E-state index is 0.0383. The van der Waals surface area contributed by atoms with Crippen LogP contribution in [-0.4, -0.2) is 18.1 Å². The van der Waals surface area contributed by atoms with Crippen LogP contribution in [0.25, 0.3) is 0 Å². The molecule has 0 fully saturated rings. The largest absolute Gasteiger partial charge is 0.497 e. The second-order valence-corrected chi connectivity index (χ2v) is 5.74. The molecule has 2 rings (SSSR count). The SMILES string of the molecule is COc1cccc(C(C)CC(=O)Nc2cc(CO)ccc2C)c1. The summed E-state index contributed by atoms with van der Waals surface area (Å²) in [6, 6.07) is 13.3. The smallest absolute Gasteiger partial charge is 0.224 e. The molecule has 0 bridgehead atoms. The van der Waals surface area contributed by atoms with E-state index in [2.05, 4.69) is 5.32 Å². The van der Waals surface area contributed by atoms with Crippen LogP contribution in [0, 0.1) is 6.92 Å². The summed E-state index contributed by atoms with van der Waals surface area (Å²) in [4.78, 5) is 12.3. The van der Waals surface area contributed by atoms with Gasteiger partial charge in [0.1, 0.15) is 5.75 Å². The highest BCUT2D eigenvalue weighted by Gasteiger charge is 2.13. The Kier molecular flexibility index (Phi) is 5.77. The Labute approximate surface area is 137 Å². The molecule has 0 heterocycles. The fraction of sp³-hybridized carbons (Fsp3) is 0.316. The normalized spacial score (nSPS) is 11.8. The van der Waals surface area contributed by atoms with Gasteiger partial charge in [-0.25, -0.2) is 0 Å². The highest BCUT2D eigenvalue weighted by atomic mass is 16.5. The number of hydrogen-bond donors (Lipinski definition) is 2. The lowest BCUT2D eigenvalue weighted by Gasteiger charge is -2.14. The van der Waals surface area contributed by atoms with Crippen molar-refractivity contribution in [2.75, 3.05) is 12.4 Å². The summed E-state index contributed by atoms with van der Waals surface area (Å²) in [5.74, 6) is 0.839. The average Bonchev–Trinajstić information content (AvgIpc) is 2.56. The first kappa shape index (κ1) is 17.0. The van der Waals surface area contributed by atoms with Crippen LogP contribution in [0.1, 0.15) is 36.0 Å². The van der Waals surface area contributed by atoms with Crippen molar-refractivity contribution >= 4 is 11.6 Å². The van der Waals surface area contributed by atoms with Crippen molar-refractivity contribution in [3.63, 3.8) is 0 Å². The van der Waals surface area contributed by atoms with E-state index in [0.29, 0.717) is 6.42 Å². The highest BCUT2D eigenvalue weighted by Crippen LogP contribution is 2.24. The fourth-order valence-corrected chi connectivity index (χ4v) is 2.45. The zero-order valence-corrected chi connectivity index (χ0v) is 13.8. The molecule has 4 nitrogen and oxygen atoms in total.